The van der Waals surface area contributed by atoms with Gasteiger partial charge in [0.2, 0.25) is 0 Å². The van der Waals surface area contributed by atoms with E-state index < -0.39 is 0 Å². The van der Waals surface area contributed by atoms with Crippen LogP contribution in [0.1, 0.15) is 10.4 Å². The maximum absolute atomic E-state index is 11.4. The number of carbonyl (C=O) groups is 1. The highest BCUT2D eigenvalue weighted by Gasteiger charge is 2.04. The van der Waals surface area contributed by atoms with E-state index in [1.54, 1.807) is 31.4 Å². The van der Waals surface area contributed by atoms with Gasteiger partial charge in [-0.05, 0) is 18.2 Å². The minimum absolute atomic E-state index is 0.193. The Balaban J connectivity index is 2.75. The number of hydrogen-bond acceptors (Lipinski definition) is 2. The molecule has 0 atom stereocenters. The zero-order chi connectivity index (χ0) is 10.4. The molecule has 14 heavy (non-hydrogen) atoms. The third kappa shape index (κ3) is 2.53. The summed E-state index contributed by atoms with van der Waals surface area (Å²) in [6.45, 7) is 0.232. The Morgan fingerprint density at radius 3 is 3.07 bits per heavy atom. The zero-order valence-corrected chi connectivity index (χ0v) is 7.91. The topological polar surface area (TPSA) is 38.3 Å². The van der Waals surface area contributed by atoms with Crippen molar-refractivity contribution in [1.82, 2.24) is 5.32 Å². The number of nitrogens with one attached hydrogen (secondary N) is 1. The number of benzene rings is 1. The Labute approximate surface area is 83.1 Å². The summed E-state index contributed by atoms with van der Waals surface area (Å²) in [5.41, 5.74) is 0.541. The van der Waals surface area contributed by atoms with E-state index in [0.29, 0.717) is 11.3 Å². The van der Waals surface area contributed by atoms with Crippen LogP contribution in [0.3, 0.4) is 0 Å². The van der Waals surface area contributed by atoms with Crippen molar-refractivity contribution in [3.63, 3.8) is 0 Å². The molecule has 0 aromatic heterocycles. The Morgan fingerprint density at radius 1 is 1.64 bits per heavy atom. The van der Waals surface area contributed by atoms with E-state index in [9.17, 15) is 4.79 Å². The lowest BCUT2D eigenvalue weighted by Crippen LogP contribution is -2.23. The summed E-state index contributed by atoms with van der Waals surface area (Å²) in [4.78, 5) is 11.4. The number of methoxy groups -OCH3 is 1. The van der Waals surface area contributed by atoms with E-state index >= 15 is 0 Å². The molecule has 1 aromatic carbocycles. The number of ether oxygens (including phenoxy) is 1. The van der Waals surface area contributed by atoms with Crippen molar-refractivity contribution in [2.75, 3.05) is 13.7 Å². The summed E-state index contributed by atoms with van der Waals surface area (Å²) in [5, 5.41) is 2.57. The van der Waals surface area contributed by atoms with Crippen molar-refractivity contribution in [3.05, 3.63) is 29.8 Å². The molecule has 0 aliphatic heterocycles. The highest BCUT2D eigenvalue weighted by molar-refractivity contribution is 5.94. The molecule has 0 radical (unpaired) electrons. The maximum Gasteiger partial charge on any atom is 0.252 e. The summed E-state index contributed by atoms with van der Waals surface area (Å²) >= 11 is 0. The summed E-state index contributed by atoms with van der Waals surface area (Å²) in [7, 11) is 1.55. The third-order valence-corrected chi connectivity index (χ3v) is 1.68. The first-order valence-corrected chi connectivity index (χ1v) is 4.13. The molecular formula is C11H11NO2. The van der Waals surface area contributed by atoms with Crippen LogP contribution in [0.2, 0.25) is 0 Å². The predicted molar refractivity (Wildman–Crippen MR) is 54.2 cm³/mol. The Morgan fingerprint density at radius 2 is 2.43 bits per heavy atom. The van der Waals surface area contributed by atoms with Gasteiger partial charge in [0.1, 0.15) is 5.75 Å². The van der Waals surface area contributed by atoms with Crippen LogP contribution in [-0.2, 0) is 0 Å². The quantitative estimate of drug-likeness (QED) is 0.722. The monoisotopic (exact) mass is 189 g/mol. The molecule has 0 aliphatic rings. The third-order valence-electron chi connectivity index (χ3n) is 1.68. The standard InChI is InChI=1S/C11H11NO2/c1-3-7-12-11(13)9-5-4-6-10(8-9)14-2/h1,4-6,8H,7H2,2H3,(H,12,13). The Hall–Kier alpha value is -1.95. The van der Waals surface area contributed by atoms with Crippen molar-refractivity contribution in [2.24, 2.45) is 0 Å². The average Bonchev–Trinajstić information content (AvgIpc) is 2.26. The molecule has 0 heterocycles. The fourth-order valence-electron chi connectivity index (χ4n) is 0.998. The molecule has 0 unspecified atom stereocenters. The van der Waals surface area contributed by atoms with Crippen LogP contribution in [0.4, 0.5) is 0 Å². The van der Waals surface area contributed by atoms with Crippen LogP contribution in [0.5, 0.6) is 5.75 Å². The van der Waals surface area contributed by atoms with Gasteiger partial charge in [0.25, 0.3) is 5.91 Å². The van der Waals surface area contributed by atoms with Crippen LogP contribution in [0.25, 0.3) is 0 Å². The minimum Gasteiger partial charge on any atom is -0.497 e. The average molecular weight is 189 g/mol. The smallest absolute Gasteiger partial charge is 0.252 e. The fourth-order valence-corrected chi connectivity index (χ4v) is 0.998. The van der Waals surface area contributed by atoms with E-state index in [1.165, 1.54) is 0 Å². The van der Waals surface area contributed by atoms with E-state index in [0.717, 1.165) is 0 Å². The molecule has 0 bridgehead atoms. The first-order chi connectivity index (χ1) is 6.77. The second-order valence-electron chi connectivity index (χ2n) is 2.62. The first kappa shape index (κ1) is 10.1. The van der Waals surface area contributed by atoms with Gasteiger partial charge >= 0.3 is 0 Å². The van der Waals surface area contributed by atoms with Crippen molar-refractivity contribution in [1.29, 1.82) is 0 Å². The molecule has 0 spiro atoms. The maximum atomic E-state index is 11.4. The SMILES string of the molecule is C#CCNC(=O)c1cccc(OC)c1. The van der Waals surface area contributed by atoms with Crippen molar-refractivity contribution in [2.45, 2.75) is 0 Å². The van der Waals surface area contributed by atoms with Gasteiger partial charge in [-0.3, -0.25) is 4.79 Å². The van der Waals surface area contributed by atoms with Gasteiger partial charge in [0.05, 0.1) is 13.7 Å². The van der Waals surface area contributed by atoms with Gasteiger partial charge in [0, 0.05) is 5.56 Å². The van der Waals surface area contributed by atoms with Crippen molar-refractivity contribution in [3.8, 4) is 18.1 Å². The second-order valence-corrected chi connectivity index (χ2v) is 2.62. The van der Waals surface area contributed by atoms with Gasteiger partial charge in [-0.15, -0.1) is 6.42 Å². The molecule has 0 saturated heterocycles. The predicted octanol–water partition coefficient (Wildman–Crippen LogP) is 1.06. The molecule has 1 aromatic rings. The van der Waals surface area contributed by atoms with Gasteiger partial charge in [-0.1, -0.05) is 12.0 Å². The largest absolute Gasteiger partial charge is 0.497 e. The number of carbonyl (C=O) groups excluding carboxylic acids is 1. The van der Waals surface area contributed by atoms with Gasteiger partial charge in [0.15, 0.2) is 0 Å². The van der Waals surface area contributed by atoms with Gasteiger partial charge in [-0.25, -0.2) is 0 Å². The fraction of sp³-hybridized carbons (Fsp3) is 0.182. The van der Waals surface area contributed by atoms with E-state index in [-0.39, 0.29) is 12.5 Å². The lowest BCUT2D eigenvalue weighted by molar-refractivity contribution is 0.0958. The Kier molecular flexibility index (Phi) is 3.57. The summed E-state index contributed by atoms with van der Waals surface area (Å²) < 4.78 is 4.99. The number of terminal acetylenes is 1. The molecule has 1 amide bonds. The molecule has 0 saturated carbocycles. The van der Waals surface area contributed by atoms with Crippen molar-refractivity contribution >= 4 is 5.91 Å². The minimum atomic E-state index is -0.193. The molecule has 3 heteroatoms. The highest BCUT2D eigenvalue weighted by atomic mass is 16.5. The zero-order valence-electron chi connectivity index (χ0n) is 7.91. The number of hydrogen-bond donors (Lipinski definition) is 1. The van der Waals surface area contributed by atoms with Gasteiger partial charge < -0.3 is 10.1 Å². The van der Waals surface area contributed by atoms with Crippen LogP contribution in [0, 0.1) is 12.3 Å². The van der Waals surface area contributed by atoms with E-state index in [1.807, 2.05) is 0 Å². The van der Waals surface area contributed by atoms with Gasteiger partial charge in [-0.2, -0.15) is 0 Å². The number of rotatable bonds is 3. The summed E-state index contributed by atoms with van der Waals surface area (Å²) in [6, 6.07) is 6.89. The number of amides is 1. The van der Waals surface area contributed by atoms with Crippen molar-refractivity contribution < 1.29 is 9.53 Å². The lowest BCUT2D eigenvalue weighted by atomic mass is 10.2. The van der Waals surface area contributed by atoms with Crippen LogP contribution >= 0.6 is 0 Å². The molecule has 1 N–H and O–H groups in total. The van der Waals surface area contributed by atoms with Crippen LogP contribution < -0.4 is 10.1 Å². The first-order valence-electron chi connectivity index (χ1n) is 4.13. The molecule has 0 aliphatic carbocycles. The molecule has 72 valence electrons. The molecule has 0 fully saturated rings. The molecule has 3 nitrogen and oxygen atoms in total. The Bertz CT molecular complexity index is 366. The molecule has 1 rings (SSSR count). The normalized spacial score (nSPS) is 8.86. The summed E-state index contributed by atoms with van der Waals surface area (Å²) in [6.07, 6.45) is 5.02. The molecular weight excluding hydrogens is 178 g/mol. The van der Waals surface area contributed by atoms with Crippen LogP contribution in [-0.4, -0.2) is 19.6 Å². The highest BCUT2D eigenvalue weighted by Crippen LogP contribution is 2.11. The van der Waals surface area contributed by atoms with Crippen LogP contribution in [0.15, 0.2) is 24.3 Å². The lowest BCUT2D eigenvalue weighted by Gasteiger charge is -2.03. The van der Waals surface area contributed by atoms with E-state index in [2.05, 4.69) is 11.2 Å². The van der Waals surface area contributed by atoms with E-state index in [4.69, 9.17) is 11.2 Å². The summed E-state index contributed by atoms with van der Waals surface area (Å²) in [5.74, 6) is 2.79. The second kappa shape index (κ2) is 4.93.